The van der Waals surface area contributed by atoms with Crippen LogP contribution >= 0.6 is 0 Å². The minimum atomic E-state index is -3.50. The fraction of sp³-hybridized carbons (Fsp3) is 0.688. The Morgan fingerprint density at radius 2 is 2.03 bits per heavy atom. The Bertz CT molecular complexity index is 891. The molecule has 1 fully saturated rings. The fourth-order valence-corrected chi connectivity index (χ4v) is 3.22. The van der Waals surface area contributed by atoms with Crippen molar-refractivity contribution in [3.63, 3.8) is 0 Å². The molecule has 14 heteroatoms. The van der Waals surface area contributed by atoms with E-state index in [2.05, 4.69) is 0 Å². The number of unbranched alkanes of at least 4 members (excludes halogenated alkanes) is 2. The third-order valence-electron chi connectivity index (χ3n) is 4.90. The highest BCUT2D eigenvalue weighted by Gasteiger charge is 2.71. The SMILES string of the molecule is CCCCCC(F)N(O)[C@@]1(O)[C@H](O)[C@@H](CO)O[C@]1(O)n1cc(C(=O)O)c(=O)[nH]c1=O. The summed E-state index contributed by atoms with van der Waals surface area (Å²) in [6.45, 7) is 0.787. The zero-order valence-corrected chi connectivity index (χ0v) is 15.9. The second-order valence-corrected chi connectivity index (χ2v) is 6.87. The fourth-order valence-electron chi connectivity index (χ4n) is 3.22. The largest absolute Gasteiger partial charge is 0.477 e. The van der Waals surface area contributed by atoms with E-state index in [0.717, 1.165) is 0 Å². The number of carboxylic acids is 1. The number of aliphatic hydroxyl groups is 4. The monoisotopic (exact) mass is 437 g/mol. The van der Waals surface area contributed by atoms with Gasteiger partial charge in [0, 0.05) is 6.20 Å². The first-order valence-corrected chi connectivity index (χ1v) is 9.09. The van der Waals surface area contributed by atoms with Gasteiger partial charge in [-0.3, -0.25) is 9.78 Å². The van der Waals surface area contributed by atoms with Crippen molar-refractivity contribution < 1.29 is 44.7 Å². The van der Waals surface area contributed by atoms with E-state index < -0.39 is 64.6 Å². The van der Waals surface area contributed by atoms with E-state index in [1.54, 1.807) is 4.98 Å². The molecule has 0 aliphatic carbocycles. The molecule has 1 saturated heterocycles. The molecule has 2 rings (SSSR count). The van der Waals surface area contributed by atoms with Crippen LogP contribution in [0.1, 0.15) is 43.0 Å². The lowest BCUT2D eigenvalue weighted by atomic mass is 10.00. The van der Waals surface area contributed by atoms with Gasteiger partial charge in [0.25, 0.3) is 5.56 Å². The van der Waals surface area contributed by atoms with Gasteiger partial charge in [0.15, 0.2) is 6.30 Å². The molecule has 2 heterocycles. The number of hydrogen-bond donors (Lipinski definition) is 7. The van der Waals surface area contributed by atoms with E-state index in [1.165, 1.54) is 0 Å². The van der Waals surface area contributed by atoms with Crippen molar-refractivity contribution in [3.8, 4) is 0 Å². The number of hydroxylamine groups is 2. The maximum absolute atomic E-state index is 14.6. The zero-order chi connectivity index (χ0) is 22.9. The van der Waals surface area contributed by atoms with E-state index in [1.807, 2.05) is 6.92 Å². The van der Waals surface area contributed by atoms with E-state index in [4.69, 9.17) is 9.84 Å². The summed E-state index contributed by atoms with van der Waals surface area (Å²) in [5.74, 6) is -5.33. The summed E-state index contributed by atoms with van der Waals surface area (Å²) >= 11 is 0. The second-order valence-electron chi connectivity index (χ2n) is 6.87. The summed E-state index contributed by atoms with van der Waals surface area (Å²) in [7, 11) is 0. The van der Waals surface area contributed by atoms with Crippen LogP contribution in [0.3, 0.4) is 0 Å². The van der Waals surface area contributed by atoms with Crippen LogP contribution in [0.2, 0.25) is 0 Å². The predicted molar refractivity (Wildman–Crippen MR) is 94.1 cm³/mol. The Morgan fingerprint density at radius 3 is 2.57 bits per heavy atom. The molecule has 0 amide bonds. The molecule has 30 heavy (non-hydrogen) atoms. The van der Waals surface area contributed by atoms with Gasteiger partial charge in [-0.25, -0.2) is 18.5 Å². The van der Waals surface area contributed by atoms with Crippen LogP contribution in [0.4, 0.5) is 4.39 Å². The number of halogens is 1. The quantitative estimate of drug-likeness (QED) is 0.0959. The Labute approximate surface area is 168 Å². The van der Waals surface area contributed by atoms with Crippen LogP contribution in [-0.2, 0) is 10.6 Å². The Hall–Kier alpha value is -2.20. The van der Waals surface area contributed by atoms with Crippen molar-refractivity contribution in [1.82, 2.24) is 14.6 Å². The van der Waals surface area contributed by atoms with Gasteiger partial charge >= 0.3 is 17.6 Å². The standard InChI is InChI=1S/C16H24FN3O10/c1-2-3-4-5-10(17)20(29)15(27)11(22)9(7-21)30-16(15,28)19-6-8(13(24)25)12(23)18-14(19)26/h6,9-11,21-22,27-29H,2-5,7H2,1H3,(H,24,25)(H,18,23,26)/t9-,10?,11-,15-,16+/m1/s1. The molecule has 13 nitrogen and oxygen atoms in total. The molecule has 0 spiro atoms. The molecular weight excluding hydrogens is 413 g/mol. The van der Waals surface area contributed by atoms with Crippen LogP contribution in [-0.4, -0.2) is 82.2 Å². The number of alkyl halides is 1. The lowest BCUT2D eigenvalue weighted by molar-refractivity contribution is -0.428. The summed E-state index contributed by atoms with van der Waals surface area (Å²) in [6.07, 6.45) is -5.09. The number of carboxylic acid groups (broad SMARTS) is 1. The number of rotatable bonds is 9. The Balaban J connectivity index is 2.63. The van der Waals surface area contributed by atoms with E-state index in [-0.39, 0.29) is 17.4 Å². The maximum atomic E-state index is 14.6. The van der Waals surface area contributed by atoms with Crippen molar-refractivity contribution in [1.29, 1.82) is 0 Å². The average molecular weight is 437 g/mol. The number of H-pyrrole nitrogens is 1. The van der Waals surface area contributed by atoms with Gasteiger partial charge in [-0.2, -0.15) is 0 Å². The Kier molecular flexibility index (Phi) is 7.13. The first-order valence-electron chi connectivity index (χ1n) is 9.09. The van der Waals surface area contributed by atoms with Gasteiger partial charge in [-0.15, -0.1) is 5.06 Å². The number of aromatic carboxylic acids is 1. The lowest BCUT2D eigenvalue weighted by Crippen LogP contribution is -2.70. The first kappa shape index (κ1) is 24.1. The Morgan fingerprint density at radius 1 is 1.40 bits per heavy atom. The zero-order valence-electron chi connectivity index (χ0n) is 15.9. The molecule has 1 aliphatic rings. The molecule has 1 unspecified atom stereocenters. The highest BCUT2D eigenvalue weighted by Crippen LogP contribution is 2.44. The topological polar surface area (TPSA) is 206 Å². The van der Waals surface area contributed by atoms with Gasteiger partial charge in [0.2, 0.25) is 5.72 Å². The van der Waals surface area contributed by atoms with Gasteiger partial charge in [0.05, 0.1) is 6.61 Å². The third kappa shape index (κ3) is 3.78. The van der Waals surface area contributed by atoms with Crippen LogP contribution in [0, 0.1) is 0 Å². The number of aromatic amines is 1. The number of aromatic nitrogens is 2. The first-order chi connectivity index (χ1) is 13.9. The molecule has 1 aromatic rings. The van der Waals surface area contributed by atoms with Gasteiger partial charge in [-0.1, -0.05) is 19.8 Å². The van der Waals surface area contributed by atoms with Crippen molar-refractivity contribution in [2.45, 2.75) is 62.7 Å². The third-order valence-corrected chi connectivity index (χ3v) is 4.90. The number of hydrogen-bond acceptors (Lipinski definition) is 10. The van der Waals surface area contributed by atoms with Crippen molar-refractivity contribution in [2.75, 3.05) is 6.61 Å². The van der Waals surface area contributed by atoms with Crippen LogP contribution in [0.15, 0.2) is 15.8 Å². The van der Waals surface area contributed by atoms with E-state index in [0.29, 0.717) is 19.0 Å². The predicted octanol–water partition coefficient (Wildman–Crippen LogP) is -2.15. The number of aliphatic hydroxyl groups excluding tert-OH is 2. The van der Waals surface area contributed by atoms with Crippen LogP contribution in [0.25, 0.3) is 0 Å². The molecule has 0 saturated carbocycles. The lowest BCUT2D eigenvalue weighted by Gasteiger charge is -2.43. The number of nitrogens with zero attached hydrogens (tertiary/aromatic N) is 2. The highest BCUT2D eigenvalue weighted by molar-refractivity contribution is 5.86. The number of ether oxygens (including phenoxy) is 1. The number of carbonyl (C=O) groups is 1. The van der Waals surface area contributed by atoms with E-state index in [9.17, 15) is 44.4 Å². The summed E-state index contributed by atoms with van der Waals surface area (Å²) in [5, 5.41) is 60.5. The van der Waals surface area contributed by atoms with Gasteiger partial charge < -0.3 is 35.5 Å². The second kappa shape index (κ2) is 8.89. The van der Waals surface area contributed by atoms with Gasteiger partial charge in [0.1, 0.15) is 17.8 Å². The minimum absolute atomic E-state index is 0.0291. The molecule has 170 valence electrons. The smallest absolute Gasteiger partial charge is 0.342 e. The maximum Gasteiger partial charge on any atom is 0.342 e. The molecule has 5 atom stereocenters. The molecule has 7 N–H and O–H groups in total. The molecule has 1 aromatic heterocycles. The summed E-state index contributed by atoms with van der Waals surface area (Å²) in [6, 6.07) is 0. The molecule has 0 radical (unpaired) electrons. The molecule has 0 aromatic carbocycles. The van der Waals surface area contributed by atoms with E-state index >= 15 is 0 Å². The summed E-state index contributed by atoms with van der Waals surface area (Å²) < 4.78 is 19.5. The molecular formula is C16H24FN3O10. The van der Waals surface area contributed by atoms with Crippen molar-refractivity contribution >= 4 is 5.97 Å². The van der Waals surface area contributed by atoms with Crippen molar-refractivity contribution in [2.24, 2.45) is 0 Å². The summed E-state index contributed by atoms with van der Waals surface area (Å²) in [4.78, 5) is 36.6. The average Bonchev–Trinajstić information content (AvgIpc) is 2.89. The molecule has 0 bridgehead atoms. The minimum Gasteiger partial charge on any atom is -0.477 e. The van der Waals surface area contributed by atoms with Crippen molar-refractivity contribution in [3.05, 3.63) is 32.6 Å². The molecule has 1 aliphatic heterocycles. The van der Waals surface area contributed by atoms with Gasteiger partial charge in [-0.05, 0) is 12.8 Å². The highest BCUT2D eigenvalue weighted by atomic mass is 19.1. The normalized spacial score (nSPS) is 30.0. The van der Waals surface area contributed by atoms with Crippen LogP contribution in [0.5, 0.6) is 0 Å². The number of nitrogens with one attached hydrogen (secondary N) is 1. The van der Waals surface area contributed by atoms with Crippen LogP contribution < -0.4 is 11.2 Å². The summed E-state index contributed by atoms with van der Waals surface area (Å²) in [5.41, 5.74) is -7.41.